The molecule has 0 spiro atoms. The first kappa shape index (κ1) is 29.1. The van der Waals surface area contributed by atoms with Gasteiger partial charge in [-0.1, -0.05) is 121 Å². The van der Waals surface area contributed by atoms with E-state index in [1.807, 2.05) is 0 Å². The summed E-state index contributed by atoms with van der Waals surface area (Å²) >= 11 is 0. The Morgan fingerprint density at radius 3 is 1.22 bits per heavy atom. The van der Waals surface area contributed by atoms with E-state index in [4.69, 9.17) is 0 Å². The molecule has 3 nitrogen and oxygen atoms in total. The molecule has 3 heteroatoms. The van der Waals surface area contributed by atoms with Crippen molar-refractivity contribution in [1.29, 1.82) is 0 Å². The Balaban J connectivity index is 1.12. The third-order valence-corrected chi connectivity index (χ3v) is 10.1. The molecule has 0 saturated heterocycles. The third-order valence-electron chi connectivity index (χ3n) is 10.1. The van der Waals surface area contributed by atoms with E-state index in [9.17, 15) is 0 Å². The molecule has 0 aliphatic heterocycles. The monoisotopic (exact) mass is 651 g/mol. The molecule has 0 aliphatic carbocycles. The SMILES string of the molecule is c1ccc(-c2ccc(N(c3ccccc3)c3ccc4c5ccccc5n(-c5ccc(-n6c7ccccc7c7ccccc76)cc5)c4c3)cc2)cc1. The van der Waals surface area contributed by atoms with Gasteiger partial charge in [0.05, 0.1) is 22.1 Å². The molecule has 0 aliphatic rings. The summed E-state index contributed by atoms with van der Waals surface area (Å²) in [5.74, 6) is 0. The summed E-state index contributed by atoms with van der Waals surface area (Å²) < 4.78 is 4.78. The van der Waals surface area contributed by atoms with Gasteiger partial charge in [-0.2, -0.15) is 0 Å². The van der Waals surface area contributed by atoms with Crippen LogP contribution in [0.5, 0.6) is 0 Å². The first-order valence-electron chi connectivity index (χ1n) is 17.4. The van der Waals surface area contributed by atoms with Crippen molar-refractivity contribution in [2.75, 3.05) is 4.90 Å². The van der Waals surface area contributed by atoms with Crippen LogP contribution in [0, 0.1) is 0 Å². The van der Waals surface area contributed by atoms with E-state index in [-0.39, 0.29) is 0 Å². The molecule has 0 unspecified atom stereocenters. The van der Waals surface area contributed by atoms with Gasteiger partial charge in [0.2, 0.25) is 0 Å². The van der Waals surface area contributed by atoms with Gasteiger partial charge in [0.25, 0.3) is 0 Å². The molecule has 0 amide bonds. The zero-order valence-corrected chi connectivity index (χ0v) is 27.9. The Morgan fingerprint density at radius 2 is 0.667 bits per heavy atom. The predicted octanol–water partition coefficient (Wildman–Crippen LogP) is 13.0. The number of hydrogen-bond donors (Lipinski definition) is 0. The van der Waals surface area contributed by atoms with Crippen LogP contribution in [0.3, 0.4) is 0 Å². The second kappa shape index (κ2) is 11.9. The topological polar surface area (TPSA) is 13.1 Å². The van der Waals surface area contributed by atoms with Gasteiger partial charge < -0.3 is 14.0 Å². The Hall–Kier alpha value is -6.84. The van der Waals surface area contributed by atoms with Crippen LogP contribution >= 0.6 is 0 Å². The van der Waals surface area contributed by atoms with Gasteiger partial charge >= 0.3 is 0 Å². The fourth-order valence-electron chi connectivity index (χ4n) is 7.79. The second-order valence-electron chi connectivity index (χ2n) is 13.0. The Kier molecular flexibility index (Phi) is 6.81. The lowest BCUT2D eigenvalue weighted by molar-refractivity contribution is 1.14. The fourth-order valence-corrected chi connectivity index (χ4v) is 7.79. The molecule has 0 bridgehead atoms. The van der Waals surface area contributed by atoms with Gasteiger partial charge in [-0.25, -0.2) is 0 Å². The number of anilines is 3. The molecule has 0 radical (unpaired) electrons. The Labute approximate surface area is 296 Å². The smallest absolute Gasteiger partial charge is 0.0561 e. The van der Waals surface area contributed by atoms with Crippen LogP contribution in [0.4, 0.5) is 17.1 Å². The van der Waals surface area contributed by atoms with Crippen LogP contribution in [-0.4, -0.2) is 9.13 Å². The second-order valence-corrected chi connectivity index (χ2v) is 13.0. The standard InChI is InChI=1S/C48H33N3/c1-3-13-34(14-4-1)35-23-25-37(26-24-35)49(36-15-5-2-6-16-36)40-31-32-44-43-19-9-12-22-47(43)51(48(44)33-40)39-29-27-38(28-30-39)50-45-20-10-7-17-41(45)42-18-8-11-21-46(42)50/h1-33H. The quantitative estimate of drug-likeness (QED) is 0.174. The van der Waals surface area contributed by atoms with Crippen molar-refractivity contribution in [3.63, 3.8) is 0 Å². The number of hydrogen-bond acceptors (Lipinski definition) is 1. The van der Waals surface area contributed by atoms with E-state index in [2.05, 4.69) is 214 Å². The summed E-state index contributed by atoms with van der Waals surface area (Å²) in [4.78, 5) is 2.35. The number of nitrogens with zero attached hydrogens (tertiary/aromatic N) is 3. The Bertz CT molecular complexity index is 2770. The van der Waals surface area contributed by atoms with Crippen LogP contribution in [0.15, 0.2) is 200 Å². The number of rotatable bonds is 6. The summed E-state index contributed by atoms with van der Waals surface area (Å²) in [6.07, 6.45) is 0. The average Bonchev–Trinajstić information content (AvgIpc) is 3.72. The van der Waals surface area contributed by atoms with Gasteiger partial charge in [-0.05, 0) is 90.0 Å². The van der Waals surface area contributed by atoms with Gasteiger partial charge in [0.15, 0.2) is 0 Å². The van der Waals surface area contributed by atoms with E-state index < -0.39 is 0 Å². The lowest BCUT2D eigenvalue weighted by Crippen LogP contribution is -2.10. The van der Waals surface area contributed by atoms with E-state index in [1.165, 1.54) is 54.7 Å². The molecular formula is C48H33N3. The zero-order valence-electron chi connectivity index (χ0n) is 27.9. The van der Waals surface area contributed by atoms with E-state index >= 15 is 0 Å². The number of fused-ring (bicyclic) bond motifs is 6. The maximum absolute atomic E-state index is 2.41. The lowest BCUT2D eigenvalue weighted by Gasteiger charge is -2.26. The summed E-state index contributed by atoms with van der Waals surface area (Å²) in [6, 6.07) is 72.1. The van der Waals surface area contributed by atoms with Crippen molar-refractivity contribution in [3.8, 4) is 22.5 Å². The highest BCUT2D eigenvalue weighted by Crippen LogP contribution is 2.40. The molecule has 0 atom stereocenters. The van der Waals surface area contributed by atoms with Crippen LogP contribution in [0.1, 0.15) is 0 Å². The molecule has 10 aromatic rings. The highest BCUT2D eigenvalue weighted by atomic mass is 15.1. The minimum atomic E-state index is 1.10. The van der Waals surface area contributed by atoms with Gasteiger partial charge in [-0.15, -0.1) is 0 Å². The van der Waals surface area contributed by atoms with Gasteiger partial charge in [0, 0.05) is 50.0 Å². The van der Waals surface area contributed by atoms with Crippen molar-refractivity contribution >= 4 is 60.7 Å². The molecule has 10 rings (SSSR count). The normalized spacial score (nSPS) is 11.5. The number of para-hydroxylation sites is 4. The van der Waals surface area contributed by atoms with Crippen LogP contribution in [-0.2, 0) is 0 Å². The highest BCUT2D eigenvalue weighted by Gasteiger charge is 2.18. The van der Waals surface area contributed by atoms with E-state index in [0.29, 0.717) is 0 Å². The fraction of sp³-hybridized carbons (Fsp3) is 0. The average molecular weight is 652 g/mol. The highest BCUT2D eigenvalue weighted by molar-refractivity contribution is 6.11. The van der Waals surface area contributed by atoms with E-state index in [1.54, 1.807) is 0 Å². The van der Waals surface area contributed by atoms with Gasteiger partial charge in [-0.3, -0.25) is 0 Å². The first-order chi connectivity index (χ1) is 25.3. The van der Waals surface area contributed by atoms with E-state index in [0.717, 1.165) is 28.4 Å². The van der Waals surface area contributed by atoms with Crippen molar-refractivity contribution in [2.45, 2.75) is 0 Å². The lowest BCUT2D eigenvalue weighted by atomic mass is 10.0. The van der Waals surface area contributed by atoms with Crippen LogP contribution < -0.4 is 4.90 Å². The molecule has 240 valence electrons. The molecule has 2 heterocycles. The molecule has 0 N–H and O–H groups in total. The zero-order chi connectivity index (χ0) is 33.7. The number of benzene rings is 8. The van der Waals surface area contributed by atoms with Crippen molar-refractivity contribution in [2.24, 2.45) is 0 Å². The molecule has 2 aromatic heterocycles. The maximum atomic E-state index is 2.41. The first-order valence-corrected chi connectivity index (χ1v) is 17.4. The maximum Gasteiger partial charge on any atom is 0.0561 e. The van der Waals surface area contributed by atoms with Crippen molar-refractivity contribution in [1.82, 2.24) is 9.13 Å². The molecule has 51 heavy (non-hydrogen) atoms. The van der Waals surface area contributed by atoms with Gasteiger partial charge in [0.1, 0.15) is 0 Å². The van der Waals surface area contributed by atoms with Crippen LogP contribution in [0.25, 0.3) is 66.1 Å². The largest absolute Gasteiger partial charge is 0.310 e. The summed E-state index contributed by atoms with van der Waals surface area (Å²) in [7, 11) is 0. The minimum absolute atomic E-state index is 1.10. The van der Waals surface area contributed by atoms with Crippen molar-refractivity contribution in [3.05, 3.63) is 200 Å². The Morgan fingerprint density at radius 1 is 0.275 bits per heavy atom. The van der Waals surface area contributed by atoms with Crippen LogP contribution in [0.2, 0.25) is 0 Å². The number of aromatic nitrogens is 2. The summed E-state index contributed by atoms with van der Waals surface area (Å²) in [5.41, 5.74) is 12.8. The predicted molar refractivity (Wildman–Crippen MR) is 215 cm³/mol. The summed E-state index contributed by atoms with van der Waals surface area (Å²) in [6.45, 7) is 0. The summed E-state index contributed by atoms with van der Waals surface area (Å²) in [5, 5.41) is 5.01. The third kappa shape index (κ3) is 4.82. The minimum Gasteiger partial charge on any atom is -0.310 e. The molecular weight excluding hydrogens is 619 g/mol. The molecule has 0 saturated carbocycles. The molecule has 8 aromatic carbocycles. The van der Waals surface area contributed by atoms with Crippen molar-refractivity contribution < 1.29 is 0 Å². The molecule has 0 fully saturated rings.